The van der Waals surface area contributed by atoms with Gasteiger partial charge in [-0.2, -0.15) is 0 Å². The maximum Gasteiger partial charge on any atom is 0.253 e. The second-order valence-electron chi connectivity index (χ2n) is 6.52. The number of piperidine rings is 1. The molecule has 1 aliphatic rings. The van der Waals surface area contributed by atoms with Crippen molar-refractivity contribution in [3.8, 4) is 5.75 Å². The third-order valence-corrected chi connectivity index (χ3v) is 4.87. The third kappa shape index (κ3) is 4.80. The third-order valence-electron chi connectivity index (χ3n) is 4.62. The lowest BCUT2D eigenvalue weighted by Crippen LogP contribution is -2.43. The average Bonchev–Trinajstić information content (AvgIpc) is 2.70. The van der Waals surface area contributed by atoms with Crippen LogP contribution in [0.4, 0.5) is 5.69 Å². The summed E-state index contributed by atoms with van der Waals surface area (Å²) in [5.74, 6) is 0.248. The summed E-state index contributed by atoms with van der Waals surface area (Å²) < 4.78 is 5.56. The first-order valence-electron chi connectivity index (χ1n) is 9.16. The van der Waals surface area contributed by atoms with Crippen molar-refractivity contribution in [3.05, 3.63) is 59.1 Å². The molecule has 6 heteroatoms. The number of nitrogens with one attached hydrogen (secondary N) is 1. The number of hydrogen-bond acceptors (Lipinski definition) is 3. The van der Waals surface area contributed by atoms with E-state index >= 15 is 0 Å². The van der Waals surface area contributed by atoms with Gasteiger partial charge in [0.1, 0.15) is 5.75 Å². The Morgan fingerprint density at radius 3 is 2.67 bits per heavy atom. The molecule has 2 aromatic rings. The van der Waals surface area contributed by atoms with E-state index in [9.17, 15) is 9.59 Å². The van der Waals surface area contributed by atoms with Crippen LogP contribution in [0.5, 0.6) is 5.75 Å². The van der Waals surface area contributed by atoms with E-state index in [0.29, 0.717) is 41.7 Å². The van der Waals surface area contributed by atoms with Crippen LogP contribution in [0.3, 0.4) is 0 Å². The normalized spacial score (nSPS) is 16.7. The molecule has 1 heterocycles. The predicted molar refractivity (Wildman–Crippen MR) is 106 cm³/mol. The van der Waals surface area contributed by atoms with Crippen molar-refractivity contribution in [2.24, 2.45) is 5.92 Å². The topological polar surface area (TPSA) is 58.6 Å². The molecule has 5 nitrogen and oxygen atoms in total. The van der Waals surface area contributed by atoms with Gasteiger partial charge < -0.3 is 15.0 Å². The smallest absolute Gasteiger partial charge is 0.253 e. The van der Waals surface area contributed by atoms with Crippen molar-refractivity contribution in [2.75, 3.05) is 25.0 Å². The number of rotatable bonds is 5. The lowest BCUT2D eigenvalue weighted by Gasteiger charge is -2.32. The van der Waals surface area contributed by atoms with Crippen molar-refractivity contribution in [3.63, 3.8) is 0 Å². The number of halogens is 1. The molecule has 142 valence electrons. The molecular weight excluding hydrogens is 364 g/mol. The van der Waals surface area contributed by atoms with Crippen LogP contribution in [0.25, 0.3) is 0 Å². The van der Waals surface area contributed by atoms with Crippen molar-refractivity contribution < 1.29 is 14.3 Å². The number of amides is 2. The molecule has 1 aliphatic heterocycles. The largest absolute Gasteiger partial charge is 0.492 e. The van der Waals surface area contributed by atoms with Crippen LogP contribution in [0.15, 0.2) is 48.5 Å². The number of ether oxygens (including phenoxy) is 1. The molecule has 1 N–H and O–H groups in total. The Bertz CT molecular complexity index is 807. The van der Waals surface area contributed by atoms with Gasteiger partial charge in [-0.25, -0.2) is 0 Å². The average molecular weight is 387 g/mol. The first-order chi connectivity index (χ1) is 13.1. The van der Waals surface area contributed by atoms with Crippen LogP contribution in [-0.2, 0) is 4.79 Å². The summed E-state index contributed by atoms with van der Waals surface area (Å²) in [7, 11) is 0. The Labute approximate surface area is 164 Å². The Kier molecular flexibility index (Phi) is 6.35. The Balaban J connectivity index is 1.66. The van der Waals surface area contributed by atoms with E-state index in [4.69, 9.17) is 16.3 Å². The molecule has 0 saturated carbocycles. The van der Waals surface area contributed by atoms with Crippen molar-refractivity contribution >= 4 is 29.1 Å². The molecule has 0 radical (unpaired) electrons. The first kappa shape index (κ1) is 19.2. The minimum atomic E-state index is -0.246. The zero-order valence-electron chi connectivity index (χ0n) is 15.3. The van der Waals surface area contributed by atoms with Gasteiger partial charge in [0.25, 0.3) is 5.91 Å². The Morgan fingerprint density at radius 1 is 1.19 bits per heavy atom. The highest BCUT2D eigenvalue weighted by atomic mass is 35.5. The summed E-state index contributed by atoms with van der Waals surface area (Å²) in [6.45, 7) is 3.49. The molecular formula is C21H23ClN2O3. The zero-order chi connectivity index (χ0) is 19.2. The molecule has 0 aliphatic carbocycles. The Morgan fingerprint density at radius 2 is 1.93 bits per heavy atom. The van der Waals surface area contributed by atoms with Gasteiger partial charge in [-0.05, 0) is 56.2 Å². The highest BCUT2D eigenvalue weighted by molar-refractivity contribution is 6.30. The Hall–Kier alpha value is -2.53. The van der Waals surface area contributed by atoms with Crippen LogP contribution in [0.1, 0.15) is 30.1 Å². The van der Waals surface area contributed by atoms with Gasteiger partial charge >= 0.3 is 0 Å². The summed E-state index contributed by atoms with van der Waals surface area (Å²) in [4.78, 5) is 27.2. The number of para-hydroxylation sites is 2. The van der Waals surface area contributed by atoms with Gasteiger partial charge in [0, 0.05) is 23.7 Å². The fourth-order valence-electron chi connectivity index (χ4n) is 3.24. The number of benzene rings is 2. The number of hydrogen-bond donors (Lipinski definition) is 1. The van der Waals surface area contributed by atoms with E-state index < -0.39 is 0 Å². The molecule has 1 fully saturated rings. The zero-order valence-corrected chi connectivity index (χ0v) is 16.0. The van der Waals surface area contributed by atoms with Gasteiger partial charge in [0.2, 0.25) is 5.91 Å². The quantitative estimate of drug-likeness (QED) is 0.836. The summed E-state index contributed by atoms with van der Waals surface area (Å²) in [6.07, 6.45) is 1.55. The highest BCUT2D eigenvalue weighted by Crippen LogP contribution is 2.26. The molecule has 1 atom stereocenters. The summed E-state index contributed by atoms with van der Waals surface area (Å²) in [6, 6.07) is 14.2. The minimum absolute atomic E-state index is 0.0705. The van der Waals surface area contributed by atoms with Crippen LogP contribution in [0, 0.1) is 5.92 Å². The van der Waals surface area contributed by atoms with Crippen LogP contribution >= 0.6 is 11.6 Å². The van der Waals surface area contributed by atoms with Crippen LogP contribution in [-0.4, -0.2) is 36.4 Å². The molecule has 27 heavy (non-hydrogen) atoms. The van der Waals surface area contributed by atoms with E-state index in [1.807, 2.05) is 31.2 Å². The fraction of sp³-hybridized carbons (Fsp3) is 0.333. The van der Waals surface area contributed by atoms with Gasteiger partial charge in [-0.1, -0.05) is 23.7 Å². The van der Waals surface area contributed by atoms with Crippen LogP contribution < -0.4 is 10.1 Å². The highest BCUT2D eigenvalue weighted by Gasteiger charge is 2.29. The molecule has 2 amide bonds. The molecule has 0 spiro atoms. The second-order valence-corrected chi connectivity index (χ2v) is 6.95. The fourth-order valence-corrected chi connectivity index (χ4v) is 3.36. The van der Waals surface area contributed by atoms with Gasteiger partial charge in [-0.15, -0.1) is 0 Å². The van der Waals surface area contributed by atoms with E-state index in [2.05, 4.69) is 5.32 Å². The van der Waals surface area contributed by atoms with Crippen LogP contribution in [0.2, 0.25) is 5.02 Å². The van der Waals surface area contributed by atoms with E-state index in [1.54, 1.807) is 29.2 Å². The number of nitrogens with zero attached hydrogens (tertiary/aromatic N) is 1. The predicted octanol–water partition coefficient (Wildman–Crippen LogP) is 4.23. The standard InChI is InChI=1S/C21H23ClN2O3/c1-2-27-19-8-4-3-7-18(19)23-20(25)16-6-5-13-24(14-16)21(26)15-9-11-17(22)12-10-15/h3-4,7-12,16H,2,5-6,13-14H2,1H3,(H,23,25)/t16-/m0/s1. The van der Waals surface area contributed by atoms with Gasteiger partial charge in [0.05, 0.1) is 18.2 Å². The van der Waals surface area contributed by atoms with Gasteiger partial charge in [-0.3, -0.25) is 9.59 Å². The number of carbonyl (C=O) groups excluding carboxylic acids is 2. The van der Waals surface area contributed by atoms with Crippen molar-refractivity contribution in [2.45, 2.75) is 19.8 Å². The summed E-state index contributed by atoms with van der Waals surface area (Å²) in [5, 5.41) is 3.55. The van der Waals surface area contributed by atoms with Crippen molar-refractivity contribution in [1.82, 2.24) is 4.90 Å². The monoisotopic (exact) mass is 386 g/mol. The van der Waals surface area contributed by atoms with E-state index in [1.165, 1.54) is 0 Å². The second kappa shape index (κ2) is 8.91. The minimum Gasteiger partial charge on any atom is -0.492 e. The molecule has 2 aromatic carbocycles. The maximum atomic E-state index is 12.8. The van der Waals surface area contributed by atoms with Gasteiger partial charge in [0.15, 0.2) is 0 Å². The molecule has 1 saturated heterocycles. The molecule has 0 bridgehead atoms. The summed E-state index contributed by atoms with van der Waals surface area (Å²) >= 11 is 5.89. The lowest BCUT2D eigenvalue weighted by molar-refractivity contribution is -0.121. The number of carbonyl (C=O) groups is 2. The molecule has 0 unspecified atom stereocenters. The molecule has 3 rings (SSSR count). The molecule has 0 aromatic heterocycles. The van der Waals surface area contributed by atoms with E-state index in [-0.39, 0.29) is 17.7 Å². The SMILES string of the molecule is CCOc1ccccc1NC(=O)[C@H]1CCCN(C(=O)c2ccc(Cl)cc2)C1. The van der Waals surface area contributed by atoms with Crippen molar-refractivity contribution in [1.29, 1.82) is 0 Å². The number of likely N-dealkylation sites (tertiary alicyclic amines) is 1. The summed E-state index contributed by atoms with van der Waals surface area (Å²) in [5.41, 5.74) is 1.24. The maximum absolute atomic E-state index is 12.8. The first-order valence-corrected chi connectivity index (χ1v) is 9.54. The van der Waals surface area contributed by atoms with E-state index in [0.717, 1.165) is 12.8 Å². The lowest BCUT2D eigenvalue weighted by atomic mass is 9.96. The number of anilines is 1.